The van der Waals surface area contributed by atoms with Gasteiger partial charge in [-0.3, -0.25) is 9.89 Å². The van der Waals surface area contributed by atoms with Crippen LogP contribution >= 0.6 is 0 Å². The highest BCUT2D eigenvalue weighted by Gasteiger charge is 2.19. The van der Waals surface area contributed by atoms with Crippen LogP contribution in [0.4, 0.5) is 0 Å². The first-order chi connectivity index (χ1) is 10.8. The summed E-state index contributed by atoms with van der Waals surface area (Å²) in [5.74, 6) is 1.71. The molecule has 2 aliphatic rings. The molecule has 2 unspecified atom stereocenters. The summed E-state index contributed by atoms with van der Waals surface area (Å²) in [6.07, 6.45) is 3.98. The maximum Gasteiger partial charge on any atom is 0.191 e. The molecule has 1 aromatic carbocycles. The molecule has 120 valence electrons. The molecule has 2 N–H and O–H groups in total. The van der Waals surface area contributed by atoms with Crippen molar-refractivity contribution in [2.45, 2.75) is 38.8 Å². The maximum atomic E-state index is 4.49. The summed E-state index contributed by atoms with van der Waals surface area (Å²) in [5.41, 5.74) is 1.42. The second kappa shape index (κ2) is 7.63. The molecule has 4 heteroatoms. The van der Waals surface area contributed by atoms with Gasteiger partial charge in [0, 0.05) is 25.7 Å². The lowest BCUT2D eigenvalue weighted by Gasteiger charge is -2.25. The Bertz CT molecular complexity index is 485. The van der Waals surface area contributed by atoms with E-state index in [4.69, 9.17) is 0 Å². The van der Waals surface area contributed by atoms with Crippen LogP contribution in [-0.4, -0.2) is 43.1 Å². The summed E-state index contributed by atoms with van der Waals surface area (Å²) < 4.78 is 0. The highest BCUT2D eigenvalue weighted by atomic mass is 15.2. The van der Waals surface area contributed by atoms with Crippen molar-refractivity contribution < 1.29 is 0 Å². The number of hydrogen-bond donors (Lipinski definition) is 2. The Kier molecular flexibility index (Phi) is 5.33. The molecule has 4 nitrogen and oxygen atoms in total. The standard InChI is InChI=1S/C18H28N4/c1-15-11-19-18(21-15)20-12-17-9-5-6-10-22(14-17)13-16-7-3-2-4-8-16/h2-4,7-8,15,17H,5-6,9-14H2,1H3,(H2,19,20,21). The minimum Gasteiger partial charge on any atom is -0.356 e. The fourth-order valence-electron chi connectivity index (χ4n) is 3.37. The Labute approximate surface area is 134 Å². The first-order valence-corrected chi connectivity index (χ1v) is 8.61. The number of aliphatic imine (C=N–C) groups is 1. The van der Waals surface area contributed by atoms with Crippen LogP contribution < -0.4 is 10.6 Å². The lowest BCUT2D eigenvalue weighted by molar-refractivity contribution is 0.241. The molecule has 2 aliphatic heterocycles. The monoisotopic (exact) mass is 300 g/mol. The van der Waals surface area contributed by atoms with Gasteiger partial charge in [-0.05, 0) is 37.8 Å². The van der Waals surface area contributed by atoms with Gasteiger partial charge in [0.05, 0.1) is 6.54 Å². The number of rotatable bonds is 4. The maximum absolute atomic E-state index is 4.49. The largest absolute Gasteiger partial charge is 0.356 e. The molecule has 0 aliphatic carbocycles. The second-order valence-electron chi connectivity index (χ2n) is 6.70. The van der Waals surface area contributed by atoms with E-state index in [1.165, 1.54) is 37.9 Å². The molecule has 2 atom stereocenters. The van der Waals surface area contributed by atoms with Crippen molar-refractivity contribution in [2.75, 3.05) is 26.2 Å². The lowest BCUT2D eigenvalue weighted by atomic mass is 10.0. The fraction of sp³-hybridized carbons (Fsp3) is 0.611. The molecule has 1 fully saturated rings. The molecule has 0 aromatic heterocycles. The lowest BCUT2D eigenvalue weighted by Crippen LogP contribution is -2.41. The van der Waals surface area contributed by atoms with E-state index >= 15 is 0 Å². The number of benzene rings is 1. The van der Waals surface area contributed by atoms with E-state index in [0.29, 0.717) is 12.0 Å². The molecule has 0 spiro atoms. The van der Waals surface area contributed by atoms with Crippen LogP contribution in [0.2, 0.25) is 0 Å². The SMILES string of the molecule is CC1CN=C(NCC2CCCCN(Cc3ccccc3)C2)N1. The van der Waals surface area contributed by atoms with Gasteiger partial charge in [0.15, 0.2) is 5.96 Å². The zero-order valence-electron chi connectivity index (χ0n) is 13.6. The molecular weight excluding hydrogens is 272 g/mol. The van der Waals surface area contributed by atoms with Gasteiger partial charge in [0.25, 0.3) is 0 Å². The van der Waals surface area contributed by atoms with Gasteiger partial charge in [-0.25, -0.2) is 0 Å². The van der Waals surface area contributed by atoms with Gasteiger partial charge >= 0.3 is 0 Å². The number of likely N-dealkylation sites (tertiary alicyclic amines) is 1. The molecule has 1 saturated heterocycles. The second-order valence-corrected chi connectivity index (χ2v) is 6.70. The van der Waals surface area contributed by atoms with E-state index in [0.717, 1.165) is 25.6 Å². The molecule has 2 heterocycles. The van der Waals surface area contributed by atoms with Gasteiger partial charge in [0.1, 0.15) is 0 Å². The molecule has 3 rings (SSSR count). The zero-order chi connectivity index (χ0) is 15.2. The third-order valence-corrected chi connectivity index (χ3v) is 4.57. The smallest absolute Gasteiger partial charge is 0.191 e. The molecule has 0 radical (unpaired) electrons. The summed E-state index contributed by atoms with van der Waals surface area (Å²) >= 11 is 0. The topological polar surface area (TPSA) is 39.7 Å². The van der Waals surface area contributed by atoms with Gasteiger partial charge in [-0.1, -0.05) is 36.8 Å². The molecular formula is C18H28N4. The third-order valence-electron chi connectivity index (χ3n) is 4.57. The van der Waals surface area contributed by atoms with Gasteiger partial charge < -0.3 is 10.6 Å². The highest BCUT2D eigenvalue weighted by Crippen LogP contribution is 2.18. The van der Waals surface area contributed by atoms with Crippen molar-refractivity contribution >= 4 is 5.96 Å². The van der Waals surface area contributed by atoms with E-state index in [1.54, 1.807) is 0 Å². The Morgan fingerprint density at radius 1 is 1.27 bits per heavy atom. The van der Waals surface area contributed by atoms with Crippen molar-refractivity contribution in [2.24, 2.45) is 10.9 Å². The van der Waals surface area contributed by atoms with Crippen LogP contribution in [0.15, 0.2) is 35.3 Å². The molecule has 0 bridgehead atoms. The predicted molar refractivity (Wildman–Crippen MR) is 92.0 cm³/mol. The number of nitrogens with zero attached hydrogens (tertiary/aromatic N) is 2. The highest BCUT2D eigenvalue weighted by molar-refractivity contribution is 5.81. The summed E-state index contributed by atoms with van der Waals surface area (Å²) in [7, 11) is 0. The number of hydrogen-bond acceptors (Lipinski definition) is 4. The average molecular weight is 300 g/mol. The van der Waals surface area contributed by atoms with Crippen LogP contribution in [0.5, 0.6) is 0 Å². The van der Waals surface area contributed by atoms with E-state index < -0.39 is 0 Å². The minimum absolute atomic E-state index is 0.478. The summed E-state index contributed by atoms with van der Waals surface area (Å²) in [6, 6.07) is 11.3. The first-order valence-electron chi connectivity index (χ1n) is 8.61. The van der Waals surface area contributed by atoms with E-state index in [-0.39, 0.29) is 0 Å². The van der Waals surface area contributed by atoms with Crippen molar-refractivity contribution in [3.63, 3.8) is 0 Å². The summed E-state index contributed by atoms with van der Waals surface area (Å²) in [5, 5.41) is 6.89. The molecule has 1 aromatic rings. The molecule has 0 amide bonds. The Morgan fingerprint density at radius 3 is 2.91 bits per heavy atom. The van der Waals surface area contributed by atoms with E-state index in [1.807, 2.05) is 0 Å². The summed E-state index contributed by atoms with van der Waals surface area (Å²) in [4.78, 5) is 7.10. The fourth-order valence-corrected chi connectivity index (χ4v) is 3.37. The predicted octanol–water partition coefficient (Wildman–Crippen LogP) is 2.23. The number of nitrogens with one attached hydrogen (secondary N) is 2. The normalized spacial score (nSPS) is 26.1. The van der Waals surface area contributed by atoms with Crippen molar-refractivity contribution in [1.82, 2.24) is 15.5 Å². The van der Waals surface area contributed by atoms with Gasteiger partial charge in [0.2, 0.25) is 0 Å². The Balaban J connectivity index is 1.49. The average Bonchev–Trinajstić information content (AvgIpc) is 2.82. The molecule has 0 saturated carbocycles. The third kappa shape index (κ3) is 4.47. The zero-order valence-corrected chi connectivity index (χ0v) is 13.6. The van der Waals surface area contributed by atoms with Crippen LogP contribution in [0.1, 0.15) is 31.7 Å². The van der Waals surface area contributed by atoms with Crippen molar-refractivity contribution in [3.05, 3.63) is 35.9 Å². The van der Waals surface area contributed by atoms with E-state index in [2.05, 4.69) is 57.8 Å². The van der Waals surface area contributed by atoms with Crippen LogP contribution in [0.25, 0.3) is 0 Å². The van der Waals surface area contributed by atoms with Gasteiger partial charge in [-0.15, -0.1) is 0 Å². The molecule has 22 heavy (non-hydrogen) atoms. The minimum atomic E-state index is 0.478. The number of guanidine groups is 1. The first kappa shape index (κ1) is 15.3. The van der Waals surface area contributed by atoms with E-state index in [9.17, 15) is 0 Å². The van der Waals surface area contributed by atoms with Gasteiger partial charge in [-0.2, -0.15) is 0 Å². The van der Waals surface area contributed by atoms with Crippen molar-refractivity contribution in [1.29, 1.82) is 0 Å². The van der Waals surface area contributed by atoms with Crippen molar-refractivity contribution in [3.8, 4) is 0 Å². The quantitative estimate of drug-likeness (QED) is 0.896. The summed E-state index contributed by atoms with van der Waals surface area (Å²) in [6.45, 7) is 7.59. The van der Waals surface area contributed by atoms with Crippen LogP contribution in [-0.2, 0) is 6.54 Å². The Hall–Kier alpha value is -1.55. The Morgan fingerprint density at radius 2 is 2.14 bits per heavy atom. The van der Waals surface area contributed by atoms with Crippen LogP contribution in [0, 0.1) is 5.92 Å². The van der Waals surface area contributed by atoms with Crippen LogP contribution in [0.3, 0.4) is 0 Å².